The predicted octanol–water partition coefficient (Wildman–Crippen LogP) is 4.84. The SMILES string of the molecule is Cc1cc(F)cc(C)c1C(O)C1CCCCCCC1. The molecule has 0 heterocycles. The first-order valence-corrected chi connectivity index (χ1v) is 7.54. The van der Waals surface area contributed by atoms with Crippen LogP contribution in [0, 0.1) is 25.6 Å². The van der Waals surface area contributed by atoms with Crippen molar-refractivity contribution in [1.29, 1.82) is 0 Å². The fourth-order valence-electron chi connectivity index (χ4n) is 3.43. The van der Waals surface area contributed by atoms with Crippen molar-refractivity contribution in [3.05, 3.63) is 34.6 Å². The van der Waals surface area contributed by atoms with Gasteiger partial charge in [0.05, 0.1) is 6.10 Å². The Morgan fingerprint density at radius 1 is 1.00 bits per heavy atom. The number of aliphatic hydroxyl groups excluding tert-OH is 1. The Labute approximate surface area is 115 Å². The molecule has 0 aromatic heterocycles. The number of rotatable bonds is 2. The van der Waals surface area contributed by atoms with E-state index in [0.717, 1.165) is 29.5 Å². The second-order valence-corrected chi connectivity index (χ2v) is 6.00. The molecule has 0 bridgehead atoms. The van der Waals surface area contributed by atoms with Crippen molar-refractivity contribution in [2.45, 2.75) is 64.9 Å². The summed E-state index contributed by atoms with van der Waals surface area (Å²) in [6.07, 6.45) is 8.07. The van der Waals surface area contributed by atoms with Crippen LogP contribution >= 0.6 is 0 Å². The molecule has 1 unspecified atom stereocenters. The molecule has 1 fully saturated rings. The zero-order chi connectivity index (χ0) is 13.8. The molecule has 1 atom stereocenters. The number of hydrogen-bond donors (Lipinski definition) is 1. The molecular formula is C17H25FO. The number of benzene rings is 1. The van der Waals surface area contributed by atoms with E-state index >= 15 is 0 Å². The van der Waals surface area contributed by atoms with Gasteiger partial charge in [-0.3, -0.25) is 0 Å². The Kier molecular flexibility index (Phi) is 4.98. The molecule has 2 rings (SSSR count). The summed E-state index contributed by atoms with van der Waals surface area (Å²) >= 11 is 0. The maximum Gasteiger partial charge on any atom is 0.123 e. The Hall–Kier alpha value is -0.890. The normalized spacial score (nSPS) is 19.8. The molecule has 1 aliphatic carbocycles. The molecule has 1 nitrogen and oxygen atoms in total. The molecular weight excluding hydrogens is 239 g/mol. The highest BCUT2D eigenvalue weighted by Crippen LogP contribution is 2.35. The second-order valence-electron chi connectivity index (χ2n) is 6.00. The summed E-state index contributed by atoms with van der Waals surface area (Å²) in [5.74, 6) is 0.131. The summed E-state index contributed by atoms with van der Waals surface area (Å²) in [6.45, 7) is 3.80. The zero-order valence-corrected chi connectivity index (χ0v) is 12.1. The second kappa shape index (κ2) is 6.51. The zero-order valence-electron chi connectivity index (χ0n) is 12.1. The summed E-state index contributed by atoms with van der Waals surface area (Å²) in [5, 5.41) is 10.7. The fourth-order valence-corrected chi connectivity index (χ4v) is 3.43. The van der Waals surface area contributed by atoms with Crippen LogP contribution in [0.25, 0.3) is 0 Å². The first-order chi connectivity index (χ1) is 9.09. The lowest BCUT2D eigenvalue weighted by Gasteiger charge is -2.27. The van der Waals surface area contributed by atoms with Gasteiger partial charge in [-0.2, -0.15) is 0 Å². The fraction of sp³-hybridized carbons (Fsp3) is 0.647. The van der Waals surface area contributed by atoms with Gasteiger partial charge in [0.1, 0.15) is 5.82 Å². The van der Waals surface area contributed by atoms with Gasteiger partial charge in [0.2, 0.25) is 0 Å². The minimum Gasteiger partial charge on any atom is -0.388 e. The molecule has 1 aromatic rings. The Balaban J connectivity index is 2.19. The molecule has 0 amide bonds. The van der Waals surface area contributed by atoms with Gasteiger partial charge in [-0.25, -0.2) is 4.39 Å². The summed E-state index contributed by atoms with van der Waals surface area (Å²) < 4.78 is 13.4. The van der Waals surface area contributed by atoms with Crippen LogP contribution in [0.3, 0.4) is 0 Å². The van der Waals surface area contributed by atoms with Crippen LogP contribution in [0.2, 0.25) is 0 Å². The summed E-state index contributed by atoms with van der Waals surface area (Å²) in [7, 11) is 0. The molecule has 106 valence electrons. The van der Waals surface area contributed by atoms with Crippen molar-refractivity contribution in [1.82, 2.24) is 0 Å². The number of halogens is 1. The highest BCUT2D eigenvalue weighted by atomic mass is 19.1. The molecule has 1 N–H and O–H groups in total. The van der Waals surface area contributed by atoms with Gasteiger partial charge < -0.3 is 5.11 Å². The lowest BCUT2D eigenvalue weighted by atomic mass is 9.82. The van der Waals surface area contributed by atoms with Crippen molar-refractivity contribution in [3.63, 3.8) is 0 Å². The highest BCUT2D eigenvalue weighted by molar-refractivity contribution is 5.36. The number of aliphatic hydroxyl groups is 1. The first-order valence-electron chi connectivity index (χ1n) is 7.54. The third-order valence-electron chi connectivity index (χ3n) is 4.45. The van der Waals surface area contributed by atoms with Gasteiger partial charge >= 0.3 is 0 Å². The van der Waals surface area contributed by atoms with E-state index < -0.39 is 6.10 Å². The van der Waals surface area contributed by atoms with Crippen LogP contribution in [0.1, 0.15) is 67.7 Å². The predicted molar refractivity (Wildman–Crippen MR) is 76.6 cm³/mol. The first kappa shape index (κ1) is 14.5. The molecule has 0 saturated heterocycles. The van der Waals surface area contributed by atoms with Crippen LogP contribution in [-0.4, -0.2) is 5.11 Å². The quantitative estimate of drug-likeness (QED) is 0.810. The third-order valence-corrected chi connectivity index (χ3v) is 4.45. The van der Waals surface area contributed by atoms with Crippen LogP contribution in [0.15, 0.2) is 12.1 Å². The highest BCUT2D eigenvalue weighted by Gasteiger charge is 2.24. The lowest BCUT2D eigenvalue weighted by Crippen LogP contribution is -2.16. The Morgan fingerprint density at radius 2 is 1.47 bits per heavy atom. The average Bonchev–Trinajstić information content (AvgIpc) is 2.26. The monoisotopic (exact) mass is 264 g/mol. The standard InChI is InChI=1S/C17H25FO/c1-12-10-15(18)11-13(2)16(12)17(19)14-8-6-4-3-5-7-9-14/h10-11,14,17,19H,3-9H2,1-2H3. The summed E-state index contributed by atoms with van der Waals surface area (Å²) in [6, 6.07) is 3.07. The molecule has 0 spiro atoms. The largest absolute Gasteiger partial charge is 0.388 e. The van der Waals surface area contributed by atoms with Gasteiger partial charge in [-0.15, -0.1) is 0 Å². The molecule has 2 heteroatoms. The minimum atomic E-state index is -0.432. The molecule has 1 saturated carbocycles. The minimum absolute atomic E-state index is 0.205. The van der Waals surface area contributed by atoms with E-state index in [-0.39, 0.29) is 5.82 Å². The van der Waals surface area contributed by atoms with Gasteiger partial charge in [-0.05, 0) is 61.4 Å². The third kappa shape index (κ3) is 3.56. The maximum atomic E-state index is 13.4. The van der Waals surface area contributed by atoms with Crippen molar-refractivity contribution < 1.29 is 9.50 Å². The van der Waals surface area contributed by atoms with Crippen LogP contribution < -0.4 is 0 Å². The van der Waals surface area contributed by atoms with Crippen LogP contribution in [0.4, 0.5) is 4.39 Å². The van der Waals surface area contributed by atoms with Crippen LogP contribution in [-0.2, 0) is 0 Å². The smallest absolute Gasteiger partial charge is 0.123 e. The Morgan fingerprint density at radius 3 is 2.00 bits per heavy atom. The molecule has 19 heavy (non-hydrogen) atoms. The molecule has 0 radical (unpaired) electrons. The van der Waals surface area contributed by atoms with Crippen molar-refractivity contribution in [2.24, 2.45) is 5.92 Å². The topological polar surface area (TPSA) is 20.2 Å². The van der Waals surface area contributed by atoms with Gasteiger partial charge in [0.15, 0.2) is 0 Å². The van der Waals surface area contributed by atoms with Crippen LogP contribution in [0.5, 0.6) is 0 Å². The van der Waals surface area contributed by atoms with E-state index in [0.29, 0.717) is 5.92 Å². The van der Waals surface area contributed by atoms with Gasteiger partial charge in [0.25, 0.3) is 0 Å². The van der Waals surface area contributed by atoms with Crippen molar-refractivity contribution >= 4 is 0 Å². The van der Waals surface area contributed by atoms with E-state index in [1.165, 1.54) is 44.2 Å². The van der Waals surface area contributed by atoms with E-state index in [2.05, 4.69) is 0 Å². The molecule has 0 aliphatic heterocycles. The maximum absolute atomic E-state index is 13.4. The van der Waals surface area contributed by atoms with E-state index in [1.807, 2.05) is 13.8 Å². The summed E-state index contributed by atoms with van der Waals surface area (Å²) in [5.41, 5.74) is 2.71. The summed E-state index contributed by atoms with van der Waals surface area (Å²) in [4.78, 5) is 0. The van der Waals surface area contributed by atoms with Gasteiger partial charge in [-0.1, -0.05) is 32.1 Å². The van der Waals surface area contributed by atoms with E-state index in [9.17, 15) is 9.50 Å². The molecule has 1 aromatic carbocycles. The number of aryl methyl sites for hydroxylation is 2. The molecule has 1 aliphatic rings. The lowest BCUT2D eigenvalue weighted by molar-refractivity contribution is 0.0901. The van der Waals surface area contributed by atoms with Crippen molar-refractivity contribution in [3.8, 4) is 0 Å². The van der Waals surface area contributed by atoms with E-state index in [4.69, 9.17) is 0 Å². The Bertz CT molecular complexity index is 396. The van der Waals surface area contributed by atoms with Gasteiger partial charge in [0, 0.05) is 0 Å². The van der Waals surface area contributed by atoms with Crippen molar-refractivity contribution in [2.75, 3.05) is 0 Å². The average molecular weight is 264 g/mol. The van der Waals surface area contributed by atoms with E-state index in [1.54, 1.807) is 0 Å². The number of hydrogen-bond acceptors (Lipinski definition) is 1.